The highest BCUT2D eigenvalue weighted by Crippen LogP contribution is 2.26. The van der Waals surface area contributed by atoms with Crippen LogP contribution in [0.15, 0.2) is 18.8 Å². The van der Waals surface area contributed by atoms with Crippen LogP contribution in [0.2, 0.25) is 0 Å². The lowest BCUT2D eigenvalue weighted by Crippen LogP contribution is -2.30. The van der Waals surface area contributed by atoms with Crippen LogP contribution in [0.1, 0.15) is 25.1 Å². The van der Waals surface area contributed by atoms with Crippen LogP contribution in [0.3, 0.4) is 0 Å². The van der Waals surface area contributed by atoms with Crippen LogP contribution in [-0.2, 0) is 0 Å². The zero-order chi connectivity index (χ0) is 11.5. The highest BCUT2D eigenvalue weighted by Gasteiger charge is 2.26. The van der Waals surface area contributed by atoms with Crippen LogP contribution in [-0.4, -0.2) is 34.3 Å². The quantitative estimate of drug-likeness (QED) is 0.836. The van der Waals surface area contributed by atoms with E-state index in [1.54, 1.807) is 12.3 Å². The molecule has 1 heterocycles. The summed E-state index contributed by atoms with van der Waals surface area (Å²) in [5, 5.41) is 9.52. The normalized spacial score (nSPS) is 24.4. The van der Waals surface area contributed by atoms with Gasteiger partial charge in [0.25, 0.3) is 0 Å². The first-order chi connectivity index (χ1) is 7.70. The Balaban J connectivity index is 2.13. The molecule has 1 aromatic rings. The fourth-order valence-electron chi connectivity index (χ4n) is 2.13. The molecule has 16 heavy (non-hydrogen) atoms. The van der Waals surface area contributed by atoms with Crippen molar-refractivity contribution in [2.75, 3.05) is 11.9 Å². The summed E-state index contributed by atoms with van der Waals surface area (Å²) >= 11 is 0. The van der Waals surface area contributed by atoms with E-state index >= 15 is 0 Å². The monoisotopic (exact) mass is 219 g/mol. The minimum atomic E-state index is -0.159. The Labute approximate surface area is 95.6 Å². The van der Waals surface area contributed by atoms with Crippen LogP contribution in [0.4, 0.5) is 5.82 Å². The maximum atomic E-state index is 9.52. The number of anilines is 1. The molecule has 2 atom stereocenters. The Morgan fingerprint density at radius 1 is 1.56 bits per heavy atom. The molecule has 4 nitrogen and oxygen atoms in total. The third-order valence-electron chi connectivity index (χ3n) is 3.13. The average molecular weight is 219 g/mol. The summed E-state index contributed by atoms with van der Waals surface area (Å²) in [5.74, 6) is 1.53. The van der Waals surface area contributed by atoms with Gasteiger partial charge in [0, 0.05) is 19.3 Å². The molecule has 1 N–H and O–H groups in total. The predicted octanol–water partition coefficient (Wildman–Crippen LogP) is 1.47. The van der Waals surface area contributed by atoms with Crippen LogP contribution in [0, 0.1) is 0 Å². The number of nitrogens with zero attached hydrogens (tertiary/aromatic N) is 3. The van der Waals surface area contributed by atoms with E-state index in [2.05, 4.69) is 21.4 Å². The zero-order valence-corrected chi connectivity index (χ0v) is 9.50. The summed E-state index contributed by atoms with van der Waals surface area (Å²) in [7, 11) is 2.01. The van der Waals surface area contributed by atoms with Crippen LogP contribution in [0.25, 0.3) is 6.08 Å². The van der Waals surface area contributed by atoms with Gasteiger partial charge in [-0.2, -0.15) is 0 Å². The van der Waals surface area contributed by atoms with Gasteiger partial charge in [0.1, 0.15) is 5.82 Å². The number of hydrogen-bond acceptors (Lipinski definition) is 4. The lowest BCUT2D eigenvalue weighted by molar-refractivity contribution is 0.181. The molecule has 86 valence electrons. The molecule has 1 aromatic heterocycles. The Hall–Kier alpha value is -1.42. The van der Waals surface area contributed by atoms with E-state index in [4.69, 9.17) is 0 Å². The SMILES string of the molecule is C=Cc1nccc(N(C)C2CCC(O)C2)n1. The van der Waals surface area contributed by atoms with E-state index in [1.807, 2.05) is 13.1 Å². The fraction of sp³-hybridized carbons (Fsp3) is 0.500. The molecule has 0 aromatic carbocycles. The maximum absolute atomic E-state index is 9.52. The van der Waals surface area contributed by atoms with Crippen molar-refractivity contribution in [1.29, 1.82) is 0 Å². The summed E-state index contributed by atoms with van der Waals surface area (Å²) in [6, 6.07) is 2.26. The molecule has 2 unspecified atom stereocenters. The van der Waals surface area contributed by atoms with Crippen molar-refractivity contribution < 1.29 is 5.11 Å². The van der Waals surface area contributed by atoms with Crippen LogP contribution < -0.4 is 4.90 Å². The van der Waals surface area contributed by atoms with Gasteiger partial charge >= 0.3 is 0 Å². The molecular formula is C12H17N3O. The molecule has 1 fully saturated rings. The Morgan fingerprint density at radius 2 is 2.38 bits per heavy atom. The molecule has 1 saturated carbocycles. The summed E-state index contributed by atoms with van der Waals surface area (Å²) in [5.41, 5.74) is 0. The molecule has 0 amide bonds. The topological polar surface area (TPSA) is 49.2 Å². The van der Waals surface area contributed by atoms with Gasteiger partial charge in [-0.1, -0.05) is 6.58 Å². The molecule has 1 aliphatic rings. The largest absolute Gasteiger partial charge is 0.393 e. The second kappa shape index (κ2) is 4.61. The lowest BCUT2D eigenvalue weighted by Gasteiger charge is -2.25. The maximum Gasteiger partial charge on any atom is 0.153 e. The lowest BCUT2D eigenvalue weighted by atomic mass is 10.2. The molecule has 4 heteroatoms. The third-order valence-corrected chi connectivity index (χ3v) is 3.13. The minimum Gasteiger partial charge on any atom is -0.393 e. The fourth-order valence-corrected chi connectivity index (χ4v) is 2.13. The third kappa shape index (κ3) is 2.22. The van der Waals surface area contributed by atoms with Gasteiger partial charge in [0.05, 0.1) is 6.10 Å². The van der Waals surface area contributed by atoms with Crippen molar-refractivity contribution in [3.05, 3.63) is 24.7 Å². The van der Waals surface area contributed by atoms with E-state index in [9.17, 15) is 5.11 Å². The highest BCUT2D eigenvalue weighted by molar-refractivity contribution is 5.44. The van der Waals surface area contributed by atoms with Gasteiger partial charge in [-0.3, -0.25) is 0 Å². The first-order valence-corrected chi connectivity index (χ1v) is 5.57. The van der Waals surface area contributed by atoms with Gasteiger partial charge in [-0.15, -0.1) is 0 Å². The molecule has 2 rings (SSSR count). The standard InChI is InChI=1S/C12H17N3O/c1-3-11-13-7-6-12(14-11)15(2)9-4-5-10(16)8-9/h3,6-7,9-10,16H,1,4-5,8H2,2H3. The smallest absolute Gasteiger partial charge is 0.153 e. The van der Waals surface area contributed by atoms with Crippen molar-refractivity contribution in [1.82, 2.24) is 9.97 Å². The van der Waals surface area contributed by atoms with Crippen molar-refractivity contribution in [2.24, 2.45) is 0 Å². The van der Waals surface area contributed by atoms with Crippen molar-refractivity contribution >= 4 is 11.9 Å². The van der Waals surface area contributed by atoms with E-state index in [0.29, 0.717) is 11.9 Å². The van der Waals surface area contributed by atoms with Gasteiger partial charge in [0.2, 0.25) is 0 Å². The van der Waals surface area contributed by atoms with Crippen LogP contribution >= 0.6 is 0 Å². The molecular weight excluding hydrogens is 202 g/mol. The Morgan fingerprint density at radius 3 is 3.00 bits per heavy atom. The van der Waals surface area contributed by atoms with Gasteiger partial charge in [-0.25, -0.2) is 9.97 Å². The van der Waals surface area contributed by atoms with Gasteiger partial charge < -0.3 is 10.0 Å². The summed E-state index contributed by atoms with van der Waals surface area (Å²) in [6.07, 6.45) is 5.94. The van der Waals surface area contributed by atoms with Gasteiger partial charge in [-0.05, 0) is 31.4 Å². The van der Waals surface area contributed by atoms with E-state index < -0.39 is 0 Å². The minimum absolute atomic E-state index is 0.159. The number of aliphatic hydroxyl groups is 1. The highest BCUT2D eigenvalue weighted by atomic mass is 16.3. The molecule has 0 saturated heterocycles. The first-order valence-electron chi connectivity index (χ1n) is 5.57. The Bertz CT molecular complexity index is 380. The number of hydrogen-bond donors (Lipinski definition) is 1. The zero-order valence-electron chi connectivity index (χ0n) is 9.50. The van der Waals surface area contributed by atoms with E-state index in [0.717, 1.165) is 25.1 Å². The van der Waals surface area contributed by atoms with Crippen molar-refractivity contribution in [2.45, 2.75) is 31.4 Å². The summed E-state index contributed by atoms with van der Waals surface area (Å²) in [4.78, 5) is 10.6. The second-order valence-corrected chi connectivity index (χ2v) is 4.21. The van der Waals surface area contributed by atoms with Crippen molar-refractivity contribution in [3.8, 4) is 0 Å². The van der Waals surface area contributed by atoms with Crippen molar-refractivity contribution in [3.63, 3.8) is 0 Å². The molecule has 0 radical (unpaired) electrons. The molecule has 0 spiro atoms. The predicted molar refractivity (Wildman–Crippen MR) is 64.2 cm³/mol. The second-order valence-electron chi connectivity index (χ2n) is 4.21. The summed E-state index contributed by atoms with van der Waals surface area (Å²) in [6.45, 7) is 3.66. The van der Waals surface area contributed by atoms with Gasteiger partial charge in [0.15, 0.2) is 5.82 Å². The Kier molecular flexibility index (Phi) is 3.19. The number of aliphatic hydroxyl groups excluding tert-OH is 1. The first kappa shape index (κ1) is 11.1. The molecule has 1 aliphatic carbocycles. The molecule has 0 aliphatic heterocycles. The molecule has 0 bridgehead atoms. The summed E-state index contributed by atoms with van der Waals surface area (Å²) < 4.78 is 0. The van der Waals surface area contributed by atoms with E-state index in [1.165, 1.54) is 0 Å². The van der Waals surface area contributed by atoms with E-state index in [-0.39, 0.29) is 6.10 Å². The van der Waals surface area contributed by atoms with Crippen LogP contribution in [0.5, 0.6) is 0 Å². The average Bonchev–Trinajstić information content (AvgIpc) is 2.75. The number of aromatic nitrogens is 2. The number of rotatable bonds is 3.